The first kappa shape index (κ1) is 17.7. The normalized spacial score (nSPS) is 14.1. The lowest BCUT2D eigenvalue weighted by molar-refractivity contribution is 0.0739. The van der Waals surface area contributed by atoms with Crippen LogP contribution in [0.15, 0.2) is 64.1 Å². The van der Waals surface area contributed by atoms with Crippen molar-refractivity contribution in [3.8, 4) is 11.5 Å². The summed E-state index contributed by atoms with van der Waals surface area (Å²) in [5, 5.41) is 1.81. The number of thiophene rings is 1. The van der Waals surface area contributed by atoms with Crippen LogP contribution in [-0.2, 0) is 0 Å². The van der Waals surface area contributed by atoms with Gasteiger partial charge in [0.2, 0.25) is 5.78 Å². The Bertz CT molecular complexity index is 1080. The quantitative estimate of drug-likeness (QED) is 0.299. The molecule has 0 saturated heterocycles. The van der Waals surface area contributed by atoms with Gasteiger partial charge in [0, 0.05) is 10.5 Å². The molecule has 134 valence electrons. The number of carbonyl (C=O) groups is 2. The number of ether oxygens (including phenoxy) is 2. The van der Waals surface area contributed by atoms with Crippen molar-refractivity contribution >= 4 is 45.1 Å². The van der Waals surface area contributed by atoms with E-state index in [-0.39, 0.29) is 11.5 Å². The average Bonchev–Trinajstić information content (AvgIpc) is 3.24. The summed E-state index contributed by atoms with van der Waals surface area (Å²) in [6, 6.07) is 14.3. The van der Waals surface area contributed by atoms with Gasteiger partial charge in [-0.1, -0.05) is 34.1 Å². The highest BCUT2D eigenvalue weighted by Gasteiger charge is 2.30. The molecule has 3 aromatic rings. The molecule has 2 aromatic carbocycles. The van der Waals surface area contributed by atoms with Crippen LogP contribution in [0, 0.1) is 6.92 Å². The zero-order valence-corrected chi connectivity index (χ0v) is 16.6. The number of rotatable bonds is 3. The third-order valence-electron chi connectivity index (χ3n) is 4.02. The third kappa shape index (κ3) is 3.59. The minimum atomic E-state index is -0.432. The lowest BCUT2D eigenvalue weighted by Crippen LogP contribution is -2.06. The van der Waals surface area contributed by atoms with Gasteiger partial charge >= 0.3 is 5.97 Å². The lowest BCUT2D eigenvalue weighted by atomic mass is 10.0. The van der Waals surface area contributed by atoms with Crippen LogP contribution in [0.1, 0.15) is 31.2 Å². The number of ketones is 1. The number of Topliss-reactive ketones (excluding diaryl/α,β-unsaturated/α-hetero) is 1. The Balaban J connectivity index is 1.63. The molecular formula is C21H13BrO4S. The van der Waals surface area contributed by atoms with E-state index in [0.717, 1.165) is 10.0 Å². The summed E-state index contributed by atoms with van der Waals surface area (Å²) in [6.45, 7) is 1.80. The summed E-state index contributed by atoms with van der Waals surface area (Å²) in [5.74, 6) is 0.376. The molecule has 0 saturated carbocycles. The topological polar surface area (TPSA) is 52.6 Å². The molecule has 1 aliphatic rings. The van der Waals surface area contributed by atoms with Gasteiger partial charge < -0.3 is 9.47 Å². The summed E-state index contributed by atoms with van der Waals surface area (Å²) < 4.78 is 12.1. The standard InChI is InChI=1S/C21H13BrO4S/c1-12-8-15(25-21(24)18-6-3-7-27-18)11-16-19(12)20(23)17(26-16)10-13-4-2-5-14(22)9-13/h2-11H,1H3/b17-10-. The Morgan fingerprint density at radius 2 is 2.04 bits per heavy atom. The number of esters is 1. The van der Waals surface area contributed by atoms with Gasteiger partial charge in [0.05, 0.1) is 5.56 Å². The third-order valence-corrected chi connectivity index (χ3v) is 5.37. The van der Waals surface area contributed by atoms with Gasteiger partial charge in [0.1, 0.15) is 16.4 Å². The van der Waals surface area contributed by atoms with Gasteiger partial charge in [0.15, 0.2) is 5.76 Å². The zero-order valence-electron chi connectivity index (χ0n) is 14.2. The van der Waals surface area contributed by atoms with Crippen LogP contribution in [0.25, 0.3) is 6.08 Å². The number of hydrogen-bond donors (Lipinski definition) is 0. The van der Waals surface area contributed by atoms with Crippen LogP contribution in [0.2, 0.25) is 0 Å². The van der Waals surface area contributed by atoms with Crippen molar-refractivity contribution in [1.29, 1.82) is 0 Å². The van der Waals surface area contributed by atoms with Gasteiger partial charge in [-0.25, -0.2) is 4.79 Å². The molecule has 0 aliphatic carbocycles. The number of halogens is 1. The van der Waals surface area contributed by atoms with Crippen molar-refractivity contribution in [2.45, 2.75) is 6.92 Å². The lowest BCUT2D eigenvalue weighted by Gasteiger charge is -2.06. The van der Waals surface area contributed by atoms with E-state index in [1.807, 2.05) is 29.6 Å². The fraction of sp³-hybridized carbons (Fsp3) is 0.0476. The molecule has 1 aromatic heterocycles. The molecule has 0 amide bonds. The summed E-state index contributed by atoms with van der Waals surface area (Å²) >= 11 is 4.72. The Morgan fingerprint density at radius 3 is 2.78 bits per heavy atom. The molecule has 4 rings (SSSR count). The summed E-state index contributed by atoms with van der Waals surface area (Å²) in [4.78, 5) is 25.4. The summed E-state index contributed by atoms with van der Waals surface area (Å²) in [6.07, 6.45) is 1.70. The fourth-order valence-electron chi connectivity index (χ4n) is 2.84. The number of fused-ring (bicyclic) bond motifs is 1. The molecule has 0 N–H and O–H groups in total. The molecule has 2 heterocycles. The van der Waals surface area contributed by atoms with E-state index in [2.05, 4.69) is 15.9 Å². The number of hydrogen-bond acceptors (Lipinski definition) is 5. The van der Waals surface area contributed by atoms with Crippen LogP contribution >= 0.6 is 27.3 Å². The minimum Gasteiger partial charge on any atom is -0.452 e. The first-order chi connectivity index (χ1) is 13.0. The first-order valence-corrected chi connectivity index (χ1v) is 9.78. The molecule has 0 bridgehead atoms. The Labute approximate surface area is 168 Å². The molecule has 0 unspecified atom stereocenters. The predicted octanol–water partition coefficient (Wildman–Crippen LogP) is 5.65. The van der Waals surface area contributed by atoms with E-state index < -0.39 is 5.97 Å². The van der Waals surface area contributed by atoms with Gasteiger partial charge in [-0.3, -0.25) is 4.79 Å². The molecule has 0 atom stereocenters. The van der Waals surface area contributed by atoms with Crippen molar-refractivity contribution in [2.75, 3.05) is 0 Å². The Kier molecular flexibility index (Phi) is 4.68. The van der Waals surface area contributed by atoms with E-state index in [9.17, 15) is 9.59 Å². The second kappa shape index (κ2) is 7.13. The summed E-state index contributed by atoms with van der Waals surface area (Å²) in [5.41, 5.74) is 2.04. The van der Waals surface area contributed by atoms with E-state index in [1.165, 1.54) is 11.3 Å². The van der Waals surface area contributed by atoms with Gasteiger partial charge in [0.25, 0.3) is 0 Å². The maximum absolute atomic E-state index is 12.7. The molecule has 27 heavy (non-hydrogen) atoms. The zero-order chi connectivity index (χ0) is 19.0. The van der Waals surface area contributed by atoms with E-state index in [1.54, 1.807) is 37.3 Å². The van der Waals surface area contributed by atoms with Gasteiger partial charge in [-0.2, -0.15) is 0 Å². The van der Waals surface area contributed by atoms with Gasteiger partial charge in [-0.05, 0) is 53.8 Å². The highest BCUT2D eigenvalue weighted by molar-refractivity contribution is 9.10. The first-order valence-electron chi connectivity index (χ1n) is 8.11. The molecule has 0 fully saturated rings. The number of allylic oxidation sites excluding steroid dienone is 1. The summed E-state index contributed by atoms with van der Waals surface area (Å²) in [7, 11) is 0. The molecule has 1 aliphatic heterocycles. The maximum atomic E-state index is 12.7. The molecule has 6 heteroatoms. The highest BCUT2D eigenvalue weighted by Crippen LogP contribution is 2.38. The molecule has 0 radical (unpaired) electrons. The van der Waals surface area contributed by atoms with E-state index in [0.29, 0.717) is 27.5 Å². The average molecular weight is 441 g/mol. The number of carbonyl (C=O) groups excluding carboxylic acids is 2. The van der Waals surface area contributed by atoms with Crippen LogP contribution in [0.5, 0.6) is 11.5 Å². The van der Waals surface area contributed by atoms with Crippen LogP contribution in [0.4, 0.5) is 0 Å². The highest BCUT2D eigenvalue weighted by atomic mass is 79.9. The van der Waals surface area contributed by atoms with Crippen molar-refractivity contribution in [3.05, 3.63) is 85.7 Å². The van der Waals surface area contributed by atoms with E-state index >= 15 is 0 Å². The Morgan fingerprint density at radius 1 is 1.19 bits per heavy atom. The van der Waals surface area contributed by atoms with Crippen molar-refractivity contribution in [2.24, 2.45) is 0 Å². The maximum Gasteiger partial charge on any atom is 0.353 e. The van der Waals surface area contributed by atoms with Crippen LogP contribution in [0.3, 0.4) is 0 Å². The fourth-order valence-corrected chi connectivity index (χ4v) is 3.85. The largest absolute Gasteiger partial charge is 0.452 e. The second-order valence-corrected chi connectivity index (χ2v) is 7.84. The molecule has 4 nitrogen and oxygen atoms in total. The van der Waals surface area contributed by atoms with Crippen LogP contribution < -0.4 is 9.47 Å². The number of aryl methyl sites for hydroxylation is 1. The molecular weight excluding hydrogens is 428 g/mol. The second-order valence-electron chi connectivity index (χ2n) is 5.97. The van der Waals surface area contributed by atoms with Crippen molar-refractivity contribution in [1.82, 2.24) is 0 Å². The molecule has 0 spiro atoms. The van der Waals surface area contributed by atoms with Crippen LogP contribution in [-0.4, -0.2) is 11.8 Å². The van der Waals surface area contributed by atoms with E-state index in [4.69, 9.17) is 9.47 Å². The number of benzene rings is 2. The predicted molar refractivity (Wildman–Crippen MR) is 108 cm³/mol. The smallest absolute Gasteiger partial charge is 0.353 e. The van der Waals surface area contributed by atoms with Gasteiger partial charge in [-0.15, -0.1) is 11.3 Å². The minimum absolute atomic E-state index is 0.182. The SMILES string of the molecule is Cc1cc(OC(=O)c2cccs2)cc2c1C(=O)/C(=C/c1cccc(Br)c1)O2. The van der Waals surface area contributed by atoms with Crippen molar-refractivity contribution in [3.63, 3.8) is 0 Å². The van der Waals surface area contributed by atoms with Crippen molar-refractivity contribution < 1.29 is 19.1 Å². The monoisotopic (exact) mass is 440 g/mol. The Hall–Kier alpha value is -2.70.